The molecule has 56 valence electrons. The Kier molecular flexibility index (Phi) is 1.90. The van der Waals surface area contributed by atoms with Gasteiger partial charge in [0.05, 0.1) is 0 Å². The molecule has 0 radical (unpaired) electrons. The highest BCUT2D eigenvalue weighted by Crippen LogP contribution is 2.10. The normalized spacial score (nSPS) is 13.5. The Hall–Kier alpha value is -0.630. The first-order chi connectivity index (χ1) is 4.63. The molecule has 5 heteroatoms. The number of rotatable bonds is 1. The van der Waals surface area contributed by atoms with Gasteiger partial charge in [-0.2, -0.15) is 0 Å². The van der Waals surface area contributed by atoms with E-state index in [1.54, 1.807) is 11.2 Å². The minimum Gasteiger partial charge on any atom is -0.319 e. The maximum Gasteiger partial charge on any atom is 0.189 e. The Morgan fingerprint density at radius 1 is 1.50 bits per heavy atom. The molecule has 0 spiro atoms. The molecule has 0 aliphatic heterocycles. The van der Waals surface area contributed by atoms with Gasteiger partial charge in [-0.15, -0.1) is 10.2 Å². The molecule has 1 rings (SSSR count). The third kappa shape index (κ3) is 1.12. The van der Waals surface area contributed by atoms with E-state index in [-0.39, 0.29) is 0 Å². The zero-order valence-electron chi connectivity index (χ0n) is 6.25. The van der Waals surface area contributed by atoms with E-state index in [1.165, 1.54) is 0 Å². The van der Waals surface area contributed by atoms with Crippen LogP contribution in [0.15, 0.2) is 0 Å². The second-order valence-corrected chi connectivity index (χ2v) is 3.75. The van der Waals surface area contributed by atoms with Gasteiger partial charge in [0.1, 0.15) is 13.6 Å². The first kappa shape index (κ1) is 7.48. The van der Waals surface area contributed by atoms with Crippen LogP contribution < -0.4 is 5.57 Å². The molecule has 0 aromatic carbocycles. The minimum absolute atomic E-state index is 0.600. The fraction of sp³-hybridized carbons (Fsp3) is 0.600. The van der Waals surface area contributed by atoms with Gasteiger partial charge in [-0.05, 0) is 13.6 Å². The maximum absolute atomic E-state index is 10.9. The molecule has 0 N–H and O–H groups in total. The van der Waals surface area contributed by atoms with Gasteiger partial charge in [0, 0.05) is 7.05 Å². The average Bonchev–Trinajstić information content (AvgIpc) is 2.14. The van der Waals surface area contributed by atoms with Crippen molar-refractivity contribution in [2.24, 2.45) is 7.05 Å². The van der Waals surface area contributed by atoms with E-state index >= 15 is 0 Å². The fourth-order valence-electron chi connectivity index (χ4n) is 0.714. The lowest BCUT2D eigenvalue weighted by atomic mass is 10.7. The summed E-state index contributed by atoms with van der Waals surface area (Å²) in [6.45, 7) is 3.50. The fourth-order valence-corrected chi connectivity index (χ4v) is 1.54. The maximum atomic E-state index is 10.9. The van der Waals surface area contributed by atoms with Gasteiger partial charge in [-0.1, -0.05) is 0 Å². The number of nitrogens with zero attached hydrogens (tertiary/aromatic N) is 3. The van der Waals surface area contributed by atoms with Crippen molar-refractivity contribution >= 4 is 13.4 Å². The number of aryl methyl sites for hydroxylation is 1. The second kappa shape index (κ2) is 2.54. The molecule has 0 aliphatic rings. The van der Waals surface area contributed by atoms with E-state index in [0.717, 1.165) is 5.82 Å². The minimum atomic E-state index is -1.68. The van der Waals surface area contributed by atoms with Crippen molar-refractivity contribution in [3.05, 3.63) is 5.82 Å². The average molecular weight is 159 g/mol. The summed E-state index contributed by atoms with van der Waals surface area (Å²) in [5, 5.41) is 7.54. The third-order valence-electron chi connectivity index (χ3n) is 1.41. The summed E-state index contributed by atoms with van der Waals surface area (Å²) in [5.41, 5.74) is 0.600. The lowest BCUT2D eigenvalue weighted by molar-refractivity contribution is 0.594. The summed E-state index contributed by atoms with van der Waals surface area (Å²) in [6, 6.07) is 0. The molecule has 0 aliphatic carbocycles. The van der Waals surface area contributed by atoms with Crippen molar-refractivity contribution in [2.75, 3.05) is 6.66 Å². The Labute approximate surface area is 60.1 Å². The van der Waals surface area contributed by atoms with Crippen LogP contribution in [-0.4, -0.2) is 21.4 Å². The molecule has 4 nitrogen and oxygen atoms in total. The van der Waals surface area contributed by atoms with Crippen molar-refractivity contribution in [1.82, 2.24) is 14.8 Å². The highest BCUT2D eigenvalue weighted by Gasteiger charge is 2.06. The van der Waals surface area contributed by atoms with Gasteiger partial charge in [-0.3, -0.25) is 0 Å². The smallest absolute Gasteiger partial charge is 0.189 e. The quantitative estimate of drug-likeness (QED) is 0.539. The van der Waals surface area contributed by atoms with E-state index in [4.69, 9.17) is 0 Å². The molecule has 0 saturated heterocycles. The van der Waals surface area contributed by atoms with Crippen LogP contribution in [0.3, 0.4) is 0 Å². The van der Waals surface area contributed by atoms with E-state index in [2.05, 4.69) is 10.2 Å². The molecule has 0 saturated carbocycles. The van der Waals surface area contributed by atoms with Crippen LogP contribution >= 0.6 is 7.80 Å². The summed E-state index contributed by atoms with van der Waals surface area (Å²) in [5.74, 6) is 0.801. The van der Waals surface area contributed by atoms with E-state index in [9.17, 15) is 4.57 Å². The number of aromatic nitrogens is 3. The van der Waals surface area contributed by atoms with Gasteiger partial charge in [-0.25, -0.2) is 0 Å². The van der Waals surface area contributed by atoms with Crippen LogP contribution in [0.5, 0.6) is 0 Å². The summed E-state index contributed by atoms with van der Waals surface area (Å²) in [4.78, 5) is 0. The second-order valence-electron chi connectivity index (χ2n) is 2.19. The Bertz CT molecular complexity index is 268. The molecular weight excluding hydrogens is 149 g/mol. The van der Waals surface area contributed by atoms with Gasteiger partial charge < -0.3 is 9.13 Å². The van der Waals surface area contributed by atoms with Crippen LogP contribution in [0.1, 0.15) is 5.82 Å². The Balaban J connectivity index is 3.17. The first-order valence-electron chi connectivity index (χ1n) is 3.00. The van der Waals surface area contributed by atoms with E-state index in [0.29, 0.717) is 5.57 Å². The highest BCUT2D eigenvalue weighted by molar-refractivity contribution is 7.52. The van der Waals surface area contributed by atoms with Crippen LogP contribution in [-0.2, 0) is 11.6 Å². The standard InChI is InChI=1S/C5H10N3OP/c1-4-6-7-5(8(4)2)10(3)9/h10H,1-3H3. The SMILES string of the molecule is Cc1nnc([PH](C)=O)n1C. The zero-order valence-corrected chi connectivity index (χ0v) is 7.25. The molecule has 1 aromatic rings. The topological polar surface area (TPSA) is 47.8 Å². The molecule has 1 aromatic heterocycles. The number of hydrogen-bond acceptors (Lipinski definition) is 3. The van der Waals surface area contributed by atoms with Crippen molar-refractivity contribution in [1.29, 1.82) is 0 Å². The first-order valence-corrected chi connectivity index (χ1v) is 4.90. The van der Waals surface area contributed by atoms with Gasteiger partial charge in [0.25, 0.3) is 0 Å². The molecule has 0 fully saturated rings. The third-order valence-corrected chi connectivity index (χ3v) is 2.47. The van der Waals surface area contributed by atoms with Crippen molar-refractivity contribution < 1.29 is 4.57 Å². The largest absolute Gasteiger partial charge is 0.319 e. The highest BCUT2D eigenvalue weighted by atomic mass is 31.1. The van der Waals surface area contributed by atoms with Crippen LogP contribution in [0.25, 0.3) is 0 Å². The van der Waals surface area contributed by atoms with Crippen molar-refractivity contribution in [3.63, 3.8) is 0 Å². The molecule has 0 amide bonds. The van der Waals surface area contributed by atoms with Crippen LogP contribution in [0.2, 0.25) is 0 Å². The lowest BCUT2D eigenvalue weighted by Gasteiger charge is -1.95. The summed E-state index contributed by atoms with van der Waals surface area (Å²) < 4.78 is 12.7. The molecule has 1 heterocycles. The lowest BCUT2D eigenvalue weighted by Crippen LogP contribution is -2.11. The van der Waals surface area contributed by atoms with Gasteiger partial charge in [0.15, 0.2) is 5.57 Å². The molecular formula is C5H10N3OP. The van der Waals surface area contributed by atoms with Crippen LogP contribution in [0.4, 0.5) is 0 Å². The predicted molar refractivity (Wildman–Crippen MR) is 40.3 cm³/mol. The van der Waals surface area contributed by atoms with Crippen molar-refractivity contribution in [3.8, 4) is 0 Å². The monoisotopic (exact) mass is 159 g/mol. The van der Waals surface area contributed by atoms with Crippen LogP contribution in [0, 0.1) is 6.92 Å². The Morgan fingerprint density at radius 3 is 2.30 bits per heavy atom. The molecule has 0 bridgehead atoms. The van der Waals surface area contributed by atoms with E-state index < -0.39 is 7.80 Å². The van der Waals surface area contributed by atoms with Gasteiger partial charge in [0.2, 0.25) is 0 Å². The molecule has 1 atom stereocenters. The summed E-state index contributed by atoms with van der Waals surface area (Å²) in [6.07, 6.45) is 0. The van der Waals surface area contributed by atoms with Crippen molar-refractivity contribution in [2.45, 2.75) is 6.92 Å². The predicted octanol–water partition coefficient (Wildman–Crippen LogP) is -0.0617. The summed E-state index contributed by atoms with van der Waals surface area (Å²) in [7, 11) is 0.134. The van der Waals surface area contributed by atoms with E-state index in [1.807, 2.05) is 14.0 Å². The molecule has 10 heavy (non-hydrogen) atoms. The number of hydrogen-bond donors (Lipinski definition) is 0. The zero-order chi connectivity index (χ0) is 7.72. The Morgan fingerprint density at radius 2 is 2.10 bits per heavy atom. The van der Waals surface area contributed by atoms with Gasteiger partial charge >= 0.3 is 0 Å². The summed E-state index contributed by atoms with van der Waals surface area (Å²) >= 11 is 0. The molecule has 1 unspecified atom stereocenters.